The predicted octanol–water partition coefficient (Wildman–Crippen LogP) is 2.63. The van der Waals surface area contributed by atoms with Gasteiger partial charge in [0.15, 0.2) is 0 Å². The van der Waals surface area contributed by atoms with E-state index in [-0.39, 0.29) is 17.2 Å². The second-order valence-corrected chi connectivity index (χ2v) is 7.75. The number of amides is 1. The minimum Gasteiger partial charge on any atom is -0.423 e. The van der Waals surface area contributed by atoms with Crippen LogP contribution < -0.4 is 16.3 Å². The topological polar surface area (TPSA) is 121 Å². The van der Waals surface area contributed by atoms with Crippen LogP contribution in [0, 0.1) is 10.1 Å². The molecular formula is C22H23N5O5. The molecule has 2 heterocycles. The molecular weight excluding hydrogens is 414 g/mol. The van der Waals surface area contributed by atoms with Gasteiger partial charge in [-0.3, -0.25) is 19.8 Å². The summed E-state index contributed by atoms with van der Waals surface area (Å²) in [5.41, 5.74) is 1.28. The Morgan fingerprint density at radius 1 is 1.06 bits per heavy atom. The van der Waals surface area contributed by atoms with Gasteiger partial charge in [-0.1, -0.05) is 0 Å². The molecule has 1 aliphatic rings. The van der Waals surface area contributed by atoms with Crippen LogP contribution in [0.5, 0.6) is 0 Å². The summed E-state index contributed by atoms with van der Waals surface area (Å²) in [6, 6.07) is 12.3. The summed E-state index contributed by atoms with van der Waals surface area (Å²) in [5.74, 6) is -0.0748. The predicted molar refractivity (Wildman–Crippen MR) is 121 cm³/mol. The van der Waals surface area contributed by atoms with Crippen LogP contribution in [-0.2, 0) is 4.79 Å². The molecule has 1 aliphatic heterocycles. The Hall–Kier alpha value is -3.76. The maximum Gasteiger partial charge on any atom is 0.338 e. The highest BCUT2D eigenvalue weighted by Gasteiger charge is 2.16. The van der Waals surface area contributed by atoms with Crippen molar-refractivity contribution in [2.45, 2.75) is 0 Å². The van der Waals surface area contributed by atoms with Crippen molar-refractivity contribution in [3.8, 4) is 0 Å². The fourth-order valence-electron chi connectivity index (χ4n) is 3.57. The van der Waals surface area contributed by atoms with E-state index >= 15 is 0 Å². The molecule has 1 saturated heterocycles. The lowest BCUT2D eigenvalue weighted by Gasteiger charge is -2.31. The first kappa shape index (κ1) is 21.5. The van der Waals surface area contributed by atoms with E-state index < -0.39 is 10.5 Å². The Balaban J connectivity index is 1.45. The third-order valence-corrected chi connectivity index (χ3v) is 5.35. The quantitative estimate of drug-likeness (QED) is 0.343. The summed E-state index contributed by atoms with van der Waals surface area (Å²) in [6.07, 6.45) is 0. The molecule has 0 bridgehead atoms. The van der Waals surface area contributed by atoms with E-state index in [0.29, 0.717) is 29.0 Å². The number of anilines is 3. The molecule has 32 heavy (non-hydrogen) atoms. The Labute approximate surface area is 183 Å². The molecule has 0 spiro atoms. The number of fused-ring (bicyclic) bond motifs is 1. The number of benzene rings is 2. The van der Waals surface area contributed by atoms with Crippen LogP contribution in [0.15, 0.2) is 57.7 Å². The summed E-state index contributed by atoms with van der Waals surface area (Å²) >= 11 is 0. The molecule has 2 N–H and O–H groups in total. The van der Waals surface area contributed by atoms with Crippen LogP contribution >= 0.6 is 0 Å². The molecule has 10 nitrogen and oxygen atoms in total. The number of piperazine rings is 1. The zero-order chi connectivity index (χ0) is 22.7. The van der Waals surface area contributed by atoms with Gasteiger partial charge in [0.05, 0.1) is 17.2 Å². The second kappa shape index (κ2) is 9.16. The minimum absolute atomic E-state index is 0.0748. The molecule has 0 unspecified atom stereocenters. The van der Waals surface area contributed by atoms with Crippen molar-refractivity contribution in [2.24, 2.45) is 0 Å². The number of nitro benzene ring substituents is 1. The van der Waals surface area contributed by atoms with E-state index in [1.165, 1.54) is 24.3 Å². The molecule has 1 amide bonds. The maximum absolute atomic E-state index is 12.3. The van der Waals surface area contributed by atoms with Gasteiger partial charge in [-0.05, 0) is 37.4 Å². The normalized spacial score (nSPS) is 14.9. The first-order chi connectivity index (χ1) is 15.4. The zero-order valence-corrected chi connectivity index (χ0v) is 17.5. The van der Waals surface area contributed by atoms with Crippen molar-refractivity contribution < 1.29 is 14.1 Å². The lowest BCUT2D eigenvalue weighted by Crippen LogP contribution is -2.47. The molecule has 2 aromatic carbocycles. The van der Waals surface area contributed by atoms with E-state index in [9.17, 15) is 19.7 Å². The van der Waals surface area contributed by atoms with Gasteiger partial charge in [-0.15, -0.1) is 0 Å². The third-order valence-electron chi connectivity index (χ3n) is 5.35. The Bertz CT molecular complexity index is 1200. The smallest absolute Gasteiger partial charge is 0.338 e. The highest BCUT2D eigenvalue weighted by atomic mass is 16.6. The first-order valence-electron chi connectivity index (χ1n) is 10.2. The van der Waals surface area contributed by atoms with Crippen molar-refractivity contribution in [3.05, 3.63) is 69.1 Å². The molecule has 3 aromatic rings. The van der Waals surface area contributed by atoms with E-state index in [0.717, 1.165) is 26.2 Å². The molecule has 0 atom stereocenters. The SMILES string of the molecule is CN1CCN(CC(=O)Nc2ccc(Nc3cc(=O)oc4ccc([N+](=O)[O-])cc34)cc2)CC1. The van der Waals surface area contributed by atoms with Gasteiger partial charge in [0, 0.05) is 61.1 Å². The van der Waals surface area contributed by atoms with E-state index in [4.69, 9.17) is 4.42 Å². The number of hydrogen-bond acceptors (Lipinski definition) is 8. The van der Waals surface area contributed by atoms with Gasteiger partial charge in [-0.25, -0.2) is 4.79 Å². The van der Waals surface area contributed by atoms with Crippen molar-refractivity contribution in [1.29, 1.82) is 0 Å². The van der Waals surface area contributed by atoms with Crippen LogP contribution in [-0.4, -0.2) is 60.4 Å². The second-order valence-electron chi connectivity index (χ2n) is 7.75. The van der Waals surface area contributed by atoms with E-state index in [1.807, 2.05) is 0 Å². The van der Waals surface area contributed by atoms with Crippen LogP contribution in [0.4, 0.5) is 22.7 Å². The largest absolute Gasteiger partial charge is 0.423 e. The summed E-state index contributed by atoms with van der Waals surface area (Å²) in [5, 5.41) is 17.5. The highest BCUT2D eigenvalue weighted by molar-refractivity contribution is 5.94. The van der Waals surface area contributed by atoms with E-state index in [1.54, 1.807) is 24.3 Å². The number of nitrogens with zero attached hydrogens (tertiary/aromatic N) is 3. The number of carbonyl (C=O) groups excluding carboxylic acids is 1. The summed E-state index contributed by atoms with van der Waals surface area (Å²) < 4.78 is 5.13. The average Bonchev–Trinajstić information content (AvgIpc) is 2.76. The monoisotopic (exact) mass is 437 g/mol. The van der Waals surface area contributed by atoms with Gasteiger partial charge >= 0.3 is 5.63 Å². The number of rotatable bonds is 6. The molecule has 10 heteroatoms. The minimum atomic E-state index is -0.568. The number of hydrogen-bond donors (Lipinski definition) is 2. The molecule has 4 rings (SSSR count). The van der Waals surface area contributed by atoms with Crippen molar-refractivity contribution in [2.75, 3.05) is 50.4 Å². The van der Waals surface area contributed by atoms with Crippen LogP contribution in [0.1, 0.15) is 0 Å². The summed E-state index contributed by atoms with van der Waals surface area (Å²) in [7, 11) is 2.07. The average molecular weight is 437 g/mol. The molecule has 1 fully saturated rings. The molecule has 0 saturated carbocycles. The maximum atomic E-state index is 12.3. The van der Waals surface area contributed by atoms with Crippen LogP contribution in [0.3, 0.4) is 0 Å². The van der Waals surface area contributed by atoms with Crippen molar-refractivity contribution >= 4 is 39.6 Å². The first-order valence-corrected chi connectivity index (χ1v) is 10.2. The number of carbonyl (C=O) groups is 1. The molecule has 0 aliphatic carbocycles. The number of nitro groups is 1. The highest BCUT2D eigenvalue weighted by Crippen LogP contribution is 2.28. The Morgan fingerprint density at radius 3 is 2.44 bits per heavy atom. The molecule has 166 valence electrons. The van der Waals surface area contributed by atoms with E-state index in [2.05, 4.69) is 27.5 Å². The summed E-state index contributed by atoms with van der Waals surface area (Å²) in [6.45, 7) is 3.97. The lowest BCUT2D eigenvalue weighted by molar-refractivity contribution is -0.384. The number of nitrogens with one attached hydrogen (secondary N) is 2. The fraction of sp³-hybridized carbons (Fsp3) is 0.273. The zero-order valence-electron chi connectivity index (χ0n) is 17.5. The number of non-ortho nitro benzene ring substituents is 1. The molecule has 1 aromatic heterocycles. The molecule has 0 radical (unpaired) electrons. The lowest BCUT2D eigenvalue weighted by atomic mass is 10.1. The Kier molecular flexibility index (Phi) is 6.15. The third kappa shape index (κ3) is 5.10. The standard InChI is InChI=1S/C22H23N5O5/c1-25-8-10-26(11-9-25)14-21(28)24-16-4-2-15(3-5-16)23-19-13-22(29)32-20-7-6-17(27(30)31)12-18(19)20/h2-7,12-13,23H,8-11,14H2,1H3,(H,24,28). The fourth-order valence-corrected chi connectivity index (χ4v) is 3.57. The summed E-state index contributed by atoms with van der Waals surface area (Å²) in [4.78, 5) is 39.2. The van der Waals surface area contributed by atoms with Gasteiger partial charge in [-0.2, -0.15) is 0 Å². The van der Waals surface area contributed by atoms with Gasteiger partial charge in [0.2, 0.25) is 5.91 Å². The van der Waals surface area contributed by atoms with Gasteiger partial charge < -0.3 is 20.0 Å². The van der Waals surface area contributed by atoms with Gasteiger partial charge in [0.1, 0.15) is 5.58 Å². The van der Waals surface area contributed by atoms with Gasteiger partial charge in [0.25, 0.3) is 5.69 Å². The van der Waals surface area contributed by atoms with Crippen LogP contribution in [0.2, 0.25) is 0 Å². The number of likely N-dealkylation sites (N-methyl/N-ethyl adjacent to an activating group) is 1. The Morgan fingerprint density at radius 2 is 1.75 bits per heavy atom. The van der Waals surface area contributed by atoms with Crippen molar-refractivity contribution in [3.63, 3.8) is 0 Å². The van der Waals surface area contributed by atoms with Crippen molar-refractivity contribution in [1.82, 2.24) is 9.80 Å². The van der Waals surface area contributed by atoms with Crippen LogP contribution in [0.25, 0.3) is 11.0 Å².